The van der Waals surface area contributed by atoms with E-state index >= 15 is 0 Å². The van der Waals surface area contributed by atoms with Crippen LogP contribution in [0.5, 0.6) is 11.5 Å². The third kappa shape index (κ3) is 3.20. The quantitative estimate of drug-likeness (QED) is 0.857. The van der Waals surface area contributed by atoms with E-state index in [-0.39, 0.29) is 18.8 Å². The zero-order chi connectivity index (χ0) is 14.5. The summed E-state index contributed by atoms with van der Waals surface area (Å²) in [7, 11) is 3.23. The molecule has 2 rings (SSSR count). The average molecular weight is 282 g/mol. The van der Waals surface area contributed by atoms with Gasteiger partial charge in [-0.25, -0.2) is 0 Å². The Morgan fingerprint density at radius 2 is 2.25 bits per heavy atom. The highest BCUT2D eigenvalue weighted by Gasteiger charge is 2.27. The highest BCUT2D eigenvalue weighted by molar-refractivity contribution is 5.42. The maximum Gasteiger partial charge on any atom is 0.183 e. The molecule has 2 atom stereocenters. The molecule has 1 aromatic rings. The molecular weight excluding hydrogens is 260 g/mol. The molecule has 0 aliphatic carbocycles. The molecule has 1 fully saturated rings. The lowest BCUT2D eigenvalue weighted by molar-refractivity contribution is -0.0810. The summed E-state index contributed by atoms with van der Waals surface area (Å²) in [5.74, 6) is 1.34. The Hall–Kier alpha value is -1.37. The Morgan fingerprint density at radius 3 is 2.90 bits per heavy atom. The number of rotatable bonds is 5. The minimum absolute atomic E-state index is 0.0336. The molecule has 1 saturated heterocycles. The zero-order valence-electron chi connectivity index (χ0n) is 12.2. The van der Waals surface area contributed by atoms with Gasteiger partial charge in [0.15, 0.2) is 11.5 Å². The predicted molar refractivity (Wildman–Crippen MR) is 74.0 cm³/mol. The molecule has 0 spiro atoms. The third-order valence-electron chi connectivity index (χ3n) is 3.56. The van der Waals surface area contributed by atoms with Crippen LogP contribution >= 0.6 is 0 Å². The highest BCUT2D eigenvalue weighted by atomic mass is 16.5. The molecule has 1 N–H and O–H groups in total. The first-order valence-corrected chi connectivity index (χ1v) is 6.72. The van der Waals surface area contributed by atoms with Crippen LogP contribution in [0.3, 0.4) is 0 Å². The van der Waals surface area contributed by atoms with Crippen molar-refractivity contribution in [1.29, 1.82) is 0 Å². The zero-order valence-corrected chi connectivity index (χ0v) is 12.2. The summed E-state index contributed by atoms with van der Waals surface area (Å²) in [6.45, 7) is 4.06. The van der Waals surface area contributed by atoms with Crippen molar-refractivity contribution in [1.82, 2.24) is 9.88 Å². The third-order valence-corrected chi connectivity index (χ3v) is 3.56. The molecule has 0 amide bonds. The van der Waals surface area contributed by atoms with Crippen LogP contribution in [0.15, 0.2) is 12.3 Å². The van der Waals surface area contributed by atoms with Crippen molar-refractivity contribution >= 4 is 0 Å². The minimum Gasteiger partial charge on any atom is -0.493 e. The summed E-state index contributed by atoms with van der Waals surface area (Å²) < 4.78 is 16.2. The molecule has 1 aliphatic rings. The fourth-order valence-corrected chi connectivity index (χ4v) is 2.36. The largest absolute Gasteiger partial charge is 0.493 e. The van der Waals surface area contributed by atoms with Crippen LogP contribution < -0.4 is 9.47 Å². The number of aromatic nitrogens is 1. The van der Waals surface area contributed by atoms with Gasteiger partial charge in [0.1, 0.15) is 5.69 Å². The molecule has 112 valence electrons. The van der Waals surface area contributed by atoms with E-state index in [1.54, 1.807) is 26.5 Å². The summed E-state index contributed by atoms with van der Waals surface area (Å²) in [4.78, 5) is 6.62. The standard InChI is InChI=1S/C14H22N2O4/c1-10-9-20-11(8-17)6-16(10)7-12-14(19-3)13(18-2)4-5-15-12/h4-5,10-11,17H,6-9H2,1-3H3. The Morgan fingerprint density at radius 1 is 1.45 bits per heavy atom. The number of ether oxygens (including phenoxy) is 3. The van der Waals surface area contributed by atoms with Gasteiger partial charge in [-0.1, -0.05) is 0 Å². The second-order valence-corrected chi connectivity index (χ2v) is 4.91. The minimum atomic E-state index is -0.136. The smallest absolute Gasteiger partial charge is 0.183 e. The van der Waals surface area contributed by atoms with Crippen molar-refractivity contribution in [3.8, 4) is 11.5 Å². The molecule has 2 unspecified atom stereocenters. The van der Waals surface area contributed by atoms with E-state index in [0.29, 0.717) is 31.2 Å². The van der Waals surface area contributed by atoms with Gasteiger partial charge in [-0.05, 0) is 6.92 Å². The van der Waals surface area contributed by atoms with Crippen molar-refractivity contribution < 1.29 is 19.3 Å². The lowest BCUT2D eigenvalue weighted by Gasteiger charge is -2.37. The van der Waals surface area contributed by atoms with Crippen LogP contribution in [0.2, 0.25) is 0 Å². The number of aliphatic hydroxyl groups excluding tert-OH is 1. The number of methoxy groups -OCH3 is 2. The number of pyridine rings is 1. The van der Waals surface area contributed by atoms with Crippen molar-refractivity contribution in [2.45, 2.75) is 25.6 Å². The topological polar surface area (TPSA) is 64.1 Å². The average Bonchev–Trinajstić information content (AvgIpc) is 2.49. The summed E-state index contributed by atoms with van der Waals surface area (Å²) in [6.07, 6.45) is 1.58. The van der Waals surface area contributed by atoms with Gasteiger partial charge in [0, 0.05) is 31.4 Å². The normalized spacial score (nSPS) is 23.6. The van der Waals surface area contributed by atoms with Gasteiger partial charge >= 0.3 is 0 Å². The van der Waals surface area contributed by atoms with Crippen LogP contribution in [-0.2, 0) is 11.3 Å². The molecule has 1 aromatic heterocycles. The second kappa shape index (κ2) is 6.88. The molecule has 6 heteroatoms. The lowest BCUT2D eigenvalue weighted by atomic mass is 10.1. The first kappa shape index (κ1) is 15.0. The number of aliphatic hydroxyl groups is 1. The molecule has 2 heterocycles. The summed E-state index contributed by atoms with van der Waals surface area (Å²) in [5, 5.41) is 9.23. The van der Waals surface area contributed by atoms with Gasteiger partial charge in [-0.3, -0.25) is 9.88 Å². The number of nitrogens with zero attached hydrogens (tertiary/aromatic N) is 2. The highest BCUT2D eigenvalue weighted by Crippen LogP contribution is 2.30. The second-order valence-electron chi connectivity index (χ2n) is 4.91. The Bertz CT molecular complexity index is 441. The Kier molecular flexibility index (Phi) is 5.17. The van der Waals surface area contributed by atoms with Crippen LogP contribution in [0.4, 0.5) is 0 Å². The Labute approximate surface area is 119 Å². The maximum atomic E-state index is 9.23. The van der Waals surface area contributed by atoms with E-state index < -0.39 is 0 Å². The molecule has 1 aliphatic heterocycles. The van der Waals surface area contributed by atoms with E-state index in [4.69, 9.17) is 14.2 Å². The summed E-state index contributed by atoms with van der Waals surface area (Å²) in [5.41, 5.74) is 0.831. The number of hydrogen-bond donors (Lipinski definition) is 1. The van der Waals surface area contributed by atoms with E-state index in [9.17, 15) is 5.11 Å². The fraction of sp³-hybridized carbons (Fsp3) is 0.643. The first-order chi connectivity index (χ1) is 9.69. The van der Waals surface area contributed by atoms with Crippen molar-refractivity contribution in [2.75, 3.05) is 34.0 Å². The number of morpholine rings is 1. The van der Waals surface area contributed by atoms with Gasteiger partial charge in [0.05, 0.1) is 33.5 Å². The molecule has 0 bridgehead atoms. The van der Waals surface area contributed by atoms with Crippen molar-refractivity contribution in [2.24, 2.45) is 0 Å². The van der Waals surface area contributed by atoms with Crippen LogP contribution in [-0.4, -0.2) is 61.1 Å². The fourth-order valence-electron chi connectivity index (χ4n) is 2.36. The van der Waals surface area contributed by atoms with Crippen LogP contribution in [0, 0.1) is 0 Å². The van der Waals surface area contributed by atoms with Gasteiger partial charge < -0.3 is 19.3 Å². The maximum absolute atomic E-state index is 9.23. The lowest BCUT2D eigenvalue weighted by Crippen LogP contribution is -2.49. The van der Waals surface area contributed by atoms with E-state index in [1.807, 2.05) is 0 Å². The van der Waals surface area contributed by atoms with Gasteiger partial charge in [0.2, 0.25) is 0 Å². The molecular formula is C14H22N2O4. The molecule has 20 heavy (non-hydrogen) atoms. The molecule has 0 saturated carbocycles. The Balaban J connectivity index is 2.16. The van der Waals surface area contributed by atoms with E-state index in [0.717, 1.165) is 5.69 Å². The van der Waals surface area contributed by atoms with Crippen LogP contribution in [0.1, 0.15) is 12.6 Å². The van der Waals surface area contributed by atoms with E-state index in [1.165, 1.54) is 0 Å². The van der Waals surface area contributed by atoms with E-state index in [2.05, 4.69) is 16.8 Å². The first-order valence-electron chi connectivity index (χ1n) is 6.72. The summed E-state index contributed by atoms with van der Waals surface area (Å²) in [6, 6.07) is 2.05. The summed E-state index contributed by atoms with van der Waals surface area (Å²) >= 11 is 0. The molecule has 0 radical (unpaired) electrons. The molecule has 6 nitrogen and oxygen atoms in total. The monoisotopic (exact) mass is 282 g/mol. The van der Waals surface area contributed by atoms with Gasteiger partial charge in [-0.15, -0.1) is 0 Å². The molecule has 0 aromatic carbocycles. The SMILES string of the molecule is COc1ccnc(CN2CC(CO)OCC2C)c1OC. The van der Waals surface area contributed by atoms with Crippen molar-refractivity contribution in [3.05, 3.63) is 18.0 Å². The van der Waals surface area contributed by atoms with Crippen LogP contribution in [0.25, 0.3) is 0 Å². The predicted octanol–water partition coefficient (Wildman–Crippen LogP) is 0.680. The van der Waals surface area contributed by atoms with Crippen molar-refractivity contribution in [3.63, 3.8) is 0 Å². The van der Waals surface area contributed by atoms with Gasteiger partial charge in [0.25, 0.3) is 0 Å². The van der Waals surface area contributed by atoms with Gasteiger partial charge in [-0.2, -0.15) is 0 Å². The number of hydrogen-bond acceptors (Lipinski definition) is 6.